The normalized spacial score (nSPS) is 10.3. The van der Waals surface area contributed by atoms with E-state index in [1.807, 2.05) is 42.5 Å². The number of esters is 1. The highest BCUT2D eigenvalue weighted by molar-refractivity contribution is 7.99. The molecule has 3 aromatic rings. The fraction of sp³-hybridized carbons (Fsp3) is 0.105. The van der Waals surface area contributed by atoms with Gasteiger partial charge < -0.3 is 10.1 Å². The zero-order valence-corrected chi connectivity index (χ0v) is 15.2. The monoisotopic (exact) mass is 382 g/mol. The van der Waals surface area contributed by atoms with E-state index in [0.29, 0.717) is 10.6 Å². The summed E-state index contributed by atoms with van der Waals surface area (Å²) < 4.78 is 6.11. The number of nitrogens with one attached hydrogen (secondary N) is 1. The van der Waals surface area contributed by atoms with Gasteiger partial charge in [-0.15, -0.1) is 23.1 Å². The van der Waals surface area contributed by atoms with Crippen molar-refractivity contribution in [3.05, 3.63) is 59.5 Å². The second-order valence-corrected chi connectivity index (χ2v) is 7.32. The Hall–Kier alpha value is -2.82. The van der Waals surface area contributed by atoms with Crippen LogP contribution in [0.5, 0.6) is 0 Å². The molecule has 1 heterocycles. The van der Waals surface area contributed by atoms with E-state index >= 15 is 0 Å². The molecule has 0 fully saturated rings. The van der Waals surface area contributed by atoms with Crippen LogP contribution in [-0.2, 0) is 9.53 Å². The van der Waals surface area contributed by atoms with Crippen LogP contribution in [0.3, 0.4) is 0 Å². The lowest BCUT2D eigenvalue weighted by atomic mass is 10.2. The predicted molar refractivity (Wildman–Crippen MR) is 104 cm³/mol. The van der Waals surface area contributed by atoms with E-state index in [4.69, 9.17) is 10.00 Å². The number of ether oxygens (including phenoxy) is 1. The Morgan fingerprint density at radius 1 is 1.15 bits per heavy atom. The topological polar surface area (TPSA) is 79.2 Å². The molecule has 0 saturated carbocycles. The Morgan fingerprint density at radius 2 is 1.92 bits per heavy atom. The maximum atomic E-state index is 12.1. The summed E-state index contributed by atoms with van der Waals surface area (Å²) >= 11 is 2.66. The number of fused-ring (bicyclic) bond motifs is 1. The third kappa shape index (κ3) is 4.42. The third-order valence-electron chi connectivity index (χ3n) is 3.41. The van der Waals surface area contributed by atoms with E-state index in [1.54, 1.807) is 18.2 Å². The van der Waals surface area contributed by atoms with Crippen molar-refractivity contribution in [2.24, 2.45) is 0 Å². The fourth-order valence-electron chi connectivity index (χ4n) is 2.28. The van der Waals surface area contributed by atoms with Gasteiger partial charge in [-0.05, 0) is 29.7 Å². The Labute approximate surface area is 158 Å². The molecule has 0 radical (unpaired) electrons. The summed E-state index contributed by atoms with van der Waals surface area (Å²) in [6.07, 6.45) is 0. The molecular weight excluding hydrogens is 368 g/mol. The van der Waals surface area contributed by atoms with Gasteiger partial charge >= 0.3 is 5.97 Å². The lowest BCUT2D eigenvalue weighted by Gasteiger charge is -2.09. The summed E-state index contributed by atoms with van der Waals surface area (Å²) in [4.78, 5) is 25.5. The minimum Gasteiger partial charge on any atom is -0.451 e. The first-order valence-electron chi connectivity index (χ1n) is 7.71. The summed E-state index contributed by atoms with van der Waals surface area (Å²) in [7, 11) is 0. The minimum absolute atomic E-state index is 0.286. The first-order chi connectivity index (χ1) is 12.7. The quantitative estimate of drug-likeness (QED) is 0.507. The molecule has 0 saturated heterocycles. The number of carbonyl (C=O) groups is 2. The van der Waals surface area contributed by atoms with Crippen LogP contribution in [0.15, 0.2) is 59.5 Å². The molecule has 7 heteroatoms. The zero-order valence-electron chi connectivity index (χ0n) is 13.6. The molecule has 5 nitrogen and oxygen atoms in total. The molecule has 130 valence electrons. The standard InChI is InChI=1S/C19H14N2O3S2/c20-9-10-25-16-8-4-2-6-14(16)21-18(22)12-24-19(23)17-11-13-5-1-3-7-15(13)26-17/h1-8,11H,10,12H2,(H,21,22). The Kier molecular flexibility index (Phi) is 5.89. The van der Waals surface area contributed by atoms with Crippen LogP contribution in [0.4, 0.5) is 5.69 Å². The van der Waals surface area contributed by atoms with Gasteiger partial charge in [0.1, 0.15) is 4.88 Å². The van der Waals surface area contributed by atoms with E-state index in [9.17, 15) is 9.59 Å². The van der Waals surface area contributed by atoms with Gasteiger partial charge in [-0.25, -0.2) is 4.79 Å². The number of hydrogen-bond donors (Lipinski definition) is 1. The van der Waals surface area contributed by atoms with Crippen LogP contribution in [0.1, 0.15) is 9.67 Å². The van der Waals surface area contributed by atoms with Gasteiger partial charge in [0.05, 0.1) is 17.5 Å². The Bertz CT molecular complexity index is 959. The number of thioether (sulfide) groups is 1. The molecule has 1 N–H and O–H groups in total. The summed E-state index contributed by atoms with van der Waals surface area (Å²) in [6.45, 7) is -0.371. The first kappa shape index (κ1) is 18.0. The lowest BCUT2D eigenvalue weighted by molar-refractivity contribution is -0.119. The van der Waals surface area contributed by atoms with Gasteiger partial charge in [-0.1, -0.05) is 30.3 Å². The van der Waals surface area contributed by atoms with E-state index in [2.05, 4.69) is 5.32 Å². The van der Waals surface area contributed by atoms with Gasteiger partial charge in [0.25, 0.3) is 5.91 Å². The van der Waals surface area contributed by atoms with Crippen LogP contribution < -0.4 is 5.32 Å². The largest absolute Gasteiger partial charge is 0.451 e. The van der Waals surface area contributed by atoms with Crippen molar-refractivity contribution in [1.82, 2.24) is 0 Å². The average molecular weight is 382 g/mol. The number of carbonyl (C=O) groups excluding carboxylic acids is 2. The molecular formula is C19H14N2O3S2. The average Bonchev–Trinajstić information content (AvgIpc) is 3.10. The number of hydrogen-bond acceptors (Lipinski definition) is 6. The zero-order chi connectivity index (χ0) is 18.4. The van der Waals surface area contributed by atoms with Gasteiger partial charge in [0.2, 0.25) is 0 Å². The van der Waals surface area contributed by atoms with Crippen molar-refractivity contribution in [3.8, 4) is 6.07 Å². The maximum Gasteiger partial charge on any atom is 0.348 e. The summed E-state index contributed by atoms with van der Waals surface area (Å²) in [5, 5.41) is 12.4. The number of anilines is 1. The van der Waals surface area contributed by atoms with E-state index in [0.717, 1.165) is 15.0 Å². The summed E-state index contributed by atoms with van der Waals surface area (Å²) in [5.74, 6) is -0.661. The lowest BCUT2D eigenvalue weighted by Crippen LogP contribution is -2.20. The van der Waals surface area contributed by atoms with Crippen LogP contribution in [0, 0.1) is 11.3 Å². The van der Waals surface area contributed by atoms with Gasteiger partial charge in [-0.3, -0.25) is 4.79 Å². The SMILES string of the molecule is N#CCSc1ccccc1NC(=O)COC(=O)c1cc2ccccc2s1. The van der Waals surface area contributed by atoms with Crippen molar-refractivity contribution in [2.45, 2.75) is 4.90 Å². The van der Waals surface area contributed by atoms with Gasteiger partial charge in [-0.2, -0.15) is 5.26 Å². The maximum absolute atomic E-state index is 12.1. The minimum atomic E-state index is -0.520. The molecule has 0 unspecified atom stereocenters. The highest BCUT2D eigenvalue weighted by Gasteiger charge is 2.14. The highest BCUT2D eigenvalue weighted by atomic mass is 32.2. The Balaban J connectivity index is 1.59. The number of thiophene rings is 1. The van der Waals surface area contributed by atoms with Crippen molar-refractivity contribution < 1.29 is 14.3 Å². The molecule has 1 aromatic heterocycles. The predicted octanol–water partition coefficient (Wildman–Crippen LogP) is 4.31. The van der Waals surface area contributed by atoms with Gasteiger partial charge in [0, 0.05) is 9.60 Å². The molecule has 0 aliphatic rings. The van der Waals surface area contributed by atoms with Gasteiger partial charge in [0.15, 0.2) is 6.61 Å². The highest BCUT2D eigenvalue weighted by Crippen LogP contribution is 2.27. The molecule has 26 heavy (non-hydrogen) atoms. The van der Waals surface area contributed by atoms with Crippen molar-refractivity contribution in [1.29, 1.82) is 5.26 Å². The molecule has 0 spiro atoms. The molecule has 3 rings (SSSR count). The molecule has 0 bridgehead atoms. The van der Waals surface area contributed by atoms with E-state index < -0.39 is 11.9 Å². The number of benzene rings is 2. The number of nitriles is 1. The first-order valence-corrected chi connectivity index (χ1v) is 9.52. The molecule has 0 aliphatic heterocycles. The molecule has 0 atom stereocenters. The summed E-state index contributed by atoms with van der Waals surface area (Å²) in [5.41, 5.74) is 0.593. The molecule has 1 amide bonds. The number of nitrogens with zero attached hydrogens (tertiary/aromatic N) is 1. The van der Waals surface area contributed by atoms with Crippen LogP contribution in [-0.4, -0.2) is 24.2 Å². The Morgan fingerprint density at radius 3 is 2.73 bits per heavy atom. The van der Waals surface area contributed by atoms with Crippen molar-refractivity contribution in [2.75, 3.05) is 17.7 Å². The number of para-hydroxylation sites is 1. The second-order valence-electron chi connectivity index (χ2n) is 5.22. The van der Waals surface area contributed by atoms with E-state index in [1.165, 1.54) is 23.1 Å². The third-order valence-corrected chi connectivity index (χ3v) is 5.45. The van der Waals surface area contributed by atoms with E-state index in [-0.39, 0.29) is 12.4 Å². The fourth-order valence-corrected chi connectivity index (χ4v) is 3.90. The molecule has 2 aromatic carbocycles. The van der Waals surface area contributed by atoms with Crippen LogP contribution in [0.2, 0.25) is 0 Å². The van der Waals surface area contributed by atoms with Crippen molar-refractivity contribution >= 4 is 50.7 Å². The van der Waals surface area contributed by atoms with Crippen LogP contribution >= 0.6 is 23.1 Å². The molecule has 0 aliphatic carbocycles. The summed E-state index contributed by atoms with van der Waals surface area (Å²) in [6, 6.07) is 18.6. The second kappa shape index (κ2) is 8.52. The van der Waals surface area contributed by atoms with Crippen molar-refractivity contribution in [3.63, 3.8) is 0 Å². The smallest absolute Gasteiger partial charge is 0.348 e. The number of rotatable bonds is 6. The van der Waals surface area contributed by atoms with Crippen LogP contribution in [0.25, 0.3) is 10.1 Å². The number of amides is 1.